The first-order chi connectivity index (χ1) is 8.78. The summed E-state index contributed by atoms with van der Waals surface area (Å²) in [6.45, 7) is 6.24. The minimum Gasteiger partial charge on any atom is -0.353 e. The van der Waals surface area contributed by atoms with Gasteiger partial charge in [0.1, 0.15) is 5.75 Å². The molecule has 0 heterocycles. The number of carbonyl (C=O) groups excluding carboxylic acids is 1. The number of hydrogen-bond donors (Lipinski definition) is 2. The van der Waals surface area contributed by atoms with Crippen LogP contribution in [0.4, 0.5) is 0 Å². The largest absolute Gasteiger partial charge is 0.353 e. The summed E-state index contributed by atoms with van der Waals surface area (Å²) >= 11 is 0. The van der Waals surface area contributed by atoms with E-state index >= 15 is 0 Å². The number of nitrogens with one attached hydrogen (secondary N) is 1. The van der Waals surface area contributed by atoms with Gasteiger partial charge >= 0.3 is 0 Å². The number of amides is 1. The predicted molar refractivity (Wildman–Crippen MR) is 85.9 cm³/mol. The Hall–Kier alpha value is -0.330. The van der Waals surface area contributed by atoms with Gasteiger partial charge in [-0.1, -0.05) is 33.6 Å². The molecule has 3 N–H and O–H groups in total. The van der Waals surface area contributed by atoms with E-state index in [1.165, 1.54) is 0 Å². The molecule has 0 aliphatic heterocycles. The van der Waals surface area contributed by atoms with Gasteiger partial charge in [-0.25, -0.2) is 8.42 Å². The van der Waals surface area contributed by atoms with E-state index in [0.29, 0.717) is 13.0 Å². The number of unbranched alkanes of at least 4 members (excludes halogenated alkanes) is 2. The molecule has 0 aromatic heterocycles. The van der Waals surface area contributed by atoms with Crippen LogP contribution in [0.2, 0.25) is 0 Å². The molecule has 0 fully saturated rings. The number of rotatable bonds is 10. The van der Waals surface area contributed by atoms with Gasteiger partial charge in [0.2, 0.25) is 5.91 Å². The van der Waals surface area contributed by atoms with Crippen LogP contribution in [0.3, 0.4) is 0 Å². The second-order valence-electron chi connectivity index (χ2n) is 5.15. The molecule has 1 amide bonds. The summed E-state index contributed by atoms with van der Waals surface area (Å²) in [5.74, 6) is -0.794. The molecule has 0 aliphatic rings. The van der Waals surface area contributed by atoms with Gasteiger partial charge in [-0.15, -0.1) is 12.4 Å². The molecule has 0 aliphatic carbocycles. The average molecular weight is 329 g/mol. The lowest BCUT2D eigenvalue weighted by molar-refractivity contribution is -0.118. The first-order valence-corrected chi connectivity index (χ1v) is 8.86. The van der Waals surface area contributed by atoms with Gasteiger partial charge in [0.15, 0.2) is 9.84 Å². The molecule has 0 spiro atoms. The Morgan fingerprint density at radius 1 is 1.15 bits per heavy atom. The van der Waals surface area contributed by atoms with E-state index in [1.54, 1.807) is 0 Å². The Labute approximate surface area is 129 Å². The van der Waals surface area contributed by atoms with Crippen molar-refractivity contribution < 1.29 is 13.2 Å². The van der Waals surface area contributed by atoms with Crippen LogP contribution < -0.4 is 11.1 Å². The Bertz CT molecular complexity index is 368. The van der Waals surface area contributed by atoms with Crippen LogP contribution >= 0.6 is 12.4 Å². The fourth-order valence-corrected chi connectivity index (χ4v) is 2.96. The van der Waals surface area contributed by atoms with Crippen molar-refractivity contribution in [2.75, 3.05) is 18.1 Å². The third-order valence-electron chi connectivity index (χ3n) is 3.46. The third-order valence-corrected chi connectivity index (χ3v) is 5.07. The van der Waals surface area contributed by atoms with Crippen LogP contribution in [-0.2, 0) is 14.6 Å². The summed E-state index contributed by atoms with van der Waals surface area (Å²) in [7, 11) is -3.29. The lowest BCUT2D eigenvalue weighted by Crippen LogP contribution is -2.50. The normalized spacial score (nSPS) is 11.8. The second-order valence-corrected chi connectivity index (χ2v) is 7.33. The highest BCUT2D eigenvalue weighted by Crippen LogP contribution is 2.09. The summed E-state index contributed by atoms with van der Waals surface area (Å²) in [5.41, 5.74) is 5.60. The van der Waals surface area contributed by atoms with Crippen LogP contribution in [0, 0.1) is 0 Å². The summed E-state index contributed by atoms with van der Waals surface area (Å²) in [6, 6.07) is 0. The molecule has 0 saturated carbocycles. The zero-order valence-electron chi connectivity index (χ0n) is 12.8. The Morgan fingerprint density at radius 2 is 1.70 bits per heavy atom. The lowest BCUT2D eigenvalue weighted by atomic mass is 9.94. The molecule has 0 saturated heterocycles. The quantitative estimate of drug-likeness (QED) is 0.597. The fraction of sp³-hybridized carbons (Fsp3) is 0.923. The first-order valence-electron chi connectivity index (χ1n) is 7.04. The topological polar surface area (TPSA) is 89.3 Å². The van der Waals surface area contributed by atoms with Crippen LogP contribution in [0.25, 0.3) is 0 Å². The van der Waals surface area contributed by atoms with Crippen LogP contribution in [-0.4, -0.2) is 37.9 Å². The van der Waals surface area contributed by atoms with Crippen molar-refractivity contribution in [2.24, 2.45) is 5.73 Å². The van der Waals surface area contributed by atoms with E-state index in [9.17, 15) is 13.2 Å². The molecule has 0 unspecified atom stereocenters. The molecule has 5 nitrogen and oxygen atoms in total. The summed E-state index contributed by atoms with van der Waals surface area (Å²) in [4.78, 5) is 11.6. The van der Waals surface area contributed by atoms with Crippen LogP contribution in [0.5, 0.6) is 0 Å². The Balaban J connectivity index is 0. The molecular formula is C13H29ClN2O3S. The van der Waals surface area contributed by atoms with Gasteiger partial charge in [-0.05, 0) is 19.3 Å². The summed E-state index contributed by atoms with van der Waals surface area (Å²) in [5, 5.41) is 2.63. The highest BCUT2D eigenvalue weighted by molar-refractivity contribution is 7.92. The van der Waals surface area contributed by atoms with Crippen molar-refractivity contribution in [3.05, 3.63) is 0 Å². The molecule has 7 heteroatoms. The number of nitrogens with two attached hydrogens (primary N) is 1. The van der Waals surface area contributed by atoms with E-state index in [0.717, 1.165) is 25.7 Å². The van der Waals surface area contributed by atoms with Crippen molar-refractivity contribution in [1.82, 2.24) is 5.32 Å². The smallest absolute Gasteiger partial charge is 0.235 e. The van der Waals surface area contributed by atoms with Gasteiger partial charge in [-0.3, -0.25) is 4.79 Å². The van der Waals surface area contributed by atoms with Gasteiger partial charge in [-0.2, -0.15) is 0 Å². The maximum Gasteiger partial charge on any atom is 0.235 e. The van der Waals surface area contributed by atoms with E-state index in [-0.39, 0.29) is 18.2 Å². The number of carbonyl (C=O) groups is 1. The molecule has 20 heavy (non-hydrogen) atoms. The maximum atomic E-state index is 11.7. The monoisotopic (exact) mass is 328 g/mol. The van der Waals surface area contributed by atoms with Gasteiger partial charge < -0.3 is 11.1 Å². The van der Waals surface area contributed by atoms with Crippen molar-refractivity contribution in [3.8, 4) is 0 Å². The van der Waals surface area contributed by atoms with E-state index < -0.39 is 27.0 Å². The second kappa shape index (κ2) is 10.4. The number of halogens is 1. The van der Waals surface area contributed by atoms with E-state index in [1.807, 2.05) is 20.8 Å². The SMILES string of the molecule is CCCCCS(=O)(=O)CC(=O)NCC(N)(CC)CC.Cl. The maximum absolute atomic E-state index is 11.7. The molecule has 122 valence electrons. The Morgan fingerprint density at radius 3 is 2.15 bits per heavy atom. The summed E-state index contributed by atoms with van der Waals surface area (Å²) in [6.07, 6.45) is 3.94. The average Bonchev–Trinajstić information content (AvgIpc) is 2.35. The van der Waals surface area contributed by atoms with Crippen molar-refractivity contribution in [3.63, 3.8) is 0 Å². The molecule has 0 rings (SSSR count). The molecule has 0 atom stereocenters. The van der Waals surface area contributed by atoms with Gasteiger partial charge in [0, 0.05) is 12.1 Å². The highest BCUT2D eigenvalue weighted by Gasteiger charge is 2.22. The minimum atomic E-state index is -3.29. The van der Waals surface area contributed by atoms with E-state index in [2.05, 4.69) is 5.32 Å². The minimum absolute atomic E-state index is 0. The lowest BCUT2D eigenvalue weighted by Gasteiger charge is -2.26. The molecule has 0 bridgehead atoms. The fourth-order valence-electron chi connectivity index (χ4n) is 1.67. The predicted octanol–water partition coefficient (Wildman–Crippen LogP) is 1.65. The molecular weight excluding hydrogens is 300 g/mol. The van der Waals surface area contributed by atoms with Crippen molar-refractivity contribution >= 4 is 28.2 Å². The molecule has 0 aromatic carbocycles. The summed E-state index contributed by atoms with van der Waals surface area (Å²) < 4.78 is 23.4. The Kier molecular flexibility index (Phi) is 11.4. The van der Waals surface area contributed by atoms with Crippen molar-refractivity contribution in [1.29, 1.82) is 0 Å². The van der Waals surface area contributed by atoms with Gasteiger partial charge in [0.05, 0.1) is 5.75 Å². The zero-order chi connectivity index (χ0) is 14.9. The van der Waals surface area contributed by atoms with Crippen LogP contribution in [0.1, 0.15) is 52.9 Å². The zero-order valence-corrected chi connectivity index (χ0v) is 14.4. The van der Waals surface area contributed by atoms with Crippen molar-refractivity contribution in [2.45, 2.75) is 58.4 Å². The standard InChI is InChI=1S/C13H28N2O3S.ClH/c1-4-7-8-9-19(17,18)10-12(16)15-11-13(14,5-2)6-3;/h4-11,14H2,1-3H3,(H,15,16);1H. The molecule has 0 aromatic rings. The number of hydrogen-bond acceptors (Lipinski definition) is 4. The number of sulfone groups is 1. The first kappa shape index (κ1) is 22.0. The van der Waals surface area contributed by atoms with Crippen LogP contribution in [0.15, 0.2) is 0 Å². The molecule has 0 radical (unpaired) electrons. The third kappa shape index (κ3) is 9.55. The van der Waals surface area contributed by atoms with E-state index in [4.69, 9.17) is 5.73 Å². The van der Waals surface area contributed by atoms with Gasteiger partial charge in [0.25, 0.3) is 0 Å². The highest BCUT2D eigenvalue weighted by atomic mass is 35.5.